The summed E-state index contributed by atoms with van der Waals surface area (Å²) in [5.41, 5.74) is 2.77. The molecule has 0 aromatic carbocycles. The number of rotatable bonds is 2. The number of hydrogen-bond donors (Lipinski definition) is 1. The lowest BCUT2D eigenvalue weighted by atomic mass is 10.4. The summed E-state index contributed by atoms with van der Waals surface area (Å²) in [5, 5.41) is 3.70. The highest BCUT2D eigenvalue weighted by molar-refractivity contribution is 8.22. The summed E-state index contributed by atoms with van der Waals surface area (Å²) in [6.45, 7) is 1.54. The molecule has 0 rings (SSSR count). The normalized spacial score (nSPS) is 10.8. The molecular weight excluding hydrogens is 196 g/mol. The van der Waals surface area contributed by atoms with E-state index in [1.165, 1.54) is 18.9 Å². The number of hydrogen-bond acceptors (Lipinski definition) is 5. The highest BCUT2D eigenvalue weighted by Crippen LogP contribution is 1.93. The van der Waals surface area contributed by atoms with Crippen molar-refractivity contribution in [3.8, 4) is 0 Å². The van der Waals surface area contributed by atoms with Gasteiger partial charge in [0.15, 0.2) is 4.32 Å². The third kappa shape index (κ3) is 4.30. The molecule has 68 valence electrons. The van der Waals surface area contributed by atoms with Crippen LogP contribution in [0.5, 0.6) is 0 Å². The number of methoxy groups -OCH3 is 1. The summed E-state index contributed by atoms with van der Waals surface area (Å²) >= 11 is 6.14. The highest BCUT2D eigenvalue weighted by atomic mass is 32.2. The van der Waals surface area contributed by atoms with Crippen molar-refractivity contribution in [1.29, 1.82) is 0 Å². The van der Waals surface area contributed by atoms with Gasteiger partial charge in [-0.1, -0.05) is 24.0 Å². The van der Waals surface area contributed by atoms with Gasteiger partial charge in [-0.15, -0.1) is 0 Å². The lowest BCUT2D eigenvalue weighted by molar-refractivity contribution is -0.132. The zero-order valence-electron chi connectivity index (χ0n) is 7.08. The van der Waals surface area contributed by atoms with E-state index in [9.17, 15) is 4.79 Å². The van der Waals surface area contributed by atoms with E-state index in [-0.39, 0.29) is 5.71 Å². The number of ether oxygens (including phenoxy) is 1. The first-order valence-corrected chi connectivity index (χ1v) is 4.71. The van der Waals surface area contributed by atoms with Gasteiger partial charge >= 0.3 is 5.97 Å². The molecule has 0 aromatic rings. The lowest BCUT2D eigenvalue weighted by Crippen LogP contribution is -2.19. The topological polar surface area (TPSA) is 50.7 Å². The van der Waals surface area contributed by atoms with Gasteiger partial charge in [-0.2, -0.15) is 5.10 Å². The summed E-state index contributed by atoms with van der Waals surface area (Å²) in [6.07, 6.45) is 1.82. The molecule has 1 N–H and O–H groups in total. The standard InChI is InChI=1S/C6H10N2O2S2/c1-4(5(9)10-2)7-8-6(11)12-3/h1-3H3,(H,8,11). The molecule has 0 fully saturated rings. The fourth-order valence-corrected chi connectivity index (χ4v) is 0.551. The molecule has 0 aromatic heterocycles. The van der Waals surface area contributed by atoms with E-state index in [0.717, 1.165) is 0 Å². The molecule has 0 saturated carbocycles. The van der Waals surface area contributed by atoms with Gasteiger partial charge in [0, 0.05) is 0 Å². The average molecular weight is 206 g/mol. The first-order chi connectivity index (χ1) is 5.61. The number of nitrogens with one attached hydrogen (secondary N) is 1. The van der Waals surface area contributed by atoms with E-state index in [0.29, 0.717) is 4.32 Å². The average Bonchev–Trinajstić information content (AvgIpc) is 2.11. The van der Waals surface area contributed by atoms with Crippen molar-refractivity contribution in [3.63, 3.8) is 0 Å². The van der Waals surface area contributed by atoms with E-state index >= 15 is 0 Å². The first-order valence-electron chi connectivity index (χ1n) is 3.08. The first kappa shape index (κ1) is 11.4. The Hall–Kier alpha value is -0.620. The zero-order chi connectivity index (χ0) is 9.56. The van der Waals surface area contributed by atoms with E-state index in [2.05, 4.69) is 15.3 Å². The number of nitrogens with zero attached hydrogens (tertiary/aromatic N) is 1. The number of thioether (sulfide) groups is 1. The quantitative estimate of drug-likeness (QED) is 0.313. The summed E-state index contributed by atoms with van der Waals surface area (Å²) in [4.78, 5) is 10.8. The predicted octanol–water partition coefficient (Wildman–Crippen LogP) is 0.773. The SMILES string of the molecule is COC(=O)C(C)=NNC(=S)SC. The molecule has 0 amide bonds. The van der Waals surface area contributed by atoms with Crippen LogP contribution in [-0.4, -0.2) is 29.4 Å². The molecule has 0 heterocycles. The Labute approximate surface area is 80.7 Å². The van der Waals surface area contributed by atoms with E-state index in [1.54, 1.807) is 6.92 Å². The fraction of sp³-hybridized carbons (Fsp3) is 0.500. The van der Waals surface area contributed by atoms with Gasteiger partial charge in [-0.05, 0) is 13.2 Å². The molecule has 0 radical (unpaired) electrons. The second-order valence-corrected chi connectivity index (χ2v) is 3.28. The Morgan fingerprint density at radius 3 is 2.67 bits per heavy atom. The minimum absolute atomic E-state index is 0.244. The Bertz CT molecular complexity index is 216. The predicted molar refractivity (Wildman–Crippen MR) is 54.4 cm³/mol. The van der Waals surface area contributed by atoms with Crippen LogP contribution in [0.2, 0.25) is 0 Å². The molecule has 4 nitrogen and oxygen atoms in total. The van der Waals surface area contributed by atoms with Crippen LogP contribution in [0.15, 0.2) is 5.10 Å². The lowest BCUT2D eigenvalue weighted by Gasteiger charge is -1.99. The Morgan fingerprint density at radius 2 is 2.25 bits per heavy atom. The molecular formula is C6H10N2O2S2. The van der Waals surface area contributed by atoms with Gasteiger partial charge in [-0.25, -0.2) is 4.79 Å². The van der Waals surface area contributed by atoms with Crippen LogP contribution in [0.25, 0.3) is 0 Å². The minimum Gasteiger partial charge on any atom is -0.464 e. The van der Waals surface area contributed by atoms with Crippen LogP contribution in [-0.2, 0) is 9.53 Å². The molecule has 0 unspecified atom stereocenters. The molecule has 0 aliphatic rings. The highest BCUT2D eigenvalue weighted by Gasteiger charge is 2.04. The molecule has 12 heavy (non-hydrogen) atoms. The number of carbonyl (C=O) groups excluding carboxylic acids is 1. The maximum Gasteiger partial charge on any atom is 0.353 e. The number of thiocarbonyl (C=S) groups is 1. The van der Waals surface area contributed by atoms with Crippen molar-refractivity contribution in [2.45, 2.75) is 6.92 Å². The zero-order valence-corrected chi connectivity index (χ0v) is 8.71. The summed E-state index contributed by atoms with van der Waals surface area (Å²) in [5.74, 6) is -0.466. The van der Waals surface area contributed by atoms with Gasteiger partial charge in [0.05, 0.1) is 7.11 Å². The monoisotopic (exact) mass is 206 g/mol. The smallest absolute Gasteiger partial charge is 0.353 e. The third-order valence-electron chi connectivity index (χ3n) is 0.981. The second-order valence-electron chi connectivity index (χ2n) is 1.79. The van der Waals surface area contributed by atoms with Gasteiger partial charge in [-0.3, -0.25) is 5.43 Å². The Morgan fingerprint density at radius 1 is 1.67 bits per heavy atom. The van der Waals surface area contributed by atoms with Crippen LogP contribution in [0.4, 0.5) is 0 Å². The van der Waals surface area contributed by atoms with E-state index < -0.39 is 5.97 Å². The minimum atomic E-state index is -0.466. The van der Waals surface area contributed by atoms with Gasteiger partial charge in [0.2, 0.25) is 0 Å². The molecule has 0 spiro atoms. The Kier molecular flexibility index (Phi) is 5.65. The van der Waals surface area contributed by atoms with Gasteiger partial charge in [0.1, 0.15) is 5.71 Å². The van der Waals surface area contributed by atoms with Crippen LogP contribution in [0.1, 0.15) is 6.92 Å². The van der Waals surface area contributed by atoms with E-state index in [4.69, 9.17) is 12.2 Å². The molecule has 6 heteroatoms. The number of hydrazone groups is 1. The molecule has 0 saturated heterocycles. The van der Waals surface area contributed by atoms with Gasteiger partial charge < -0.3 is 4.74 Å². The van der Waals surface area contributed by atoms with Crippen LogP contribution >= 0.6 is 24.0 Å². The maximum absolute atomic E-state index is 10.8. The number of carbonyl (C=O) groups is 1. The third-order valence-corrected chi connectivity index (χ3v) is 2.03. The number of esters is 1. The summed E-state index contributed by atoms with van der Waals surface area (Å²) in [6, 6.07) is 0. The summed E-state index contributed by atoms with van der Waals surface area (Å²) in [7, 11) is 1.30. The van der Waals surface area contributed by atoms with E-state index in [1.807, 2.05) is 6.26 Å². The van der Waals surface area contributed by atoms with Crippen molar-refractivity contribution in [1.82, 2.24) is 5.43 Å². The van der Waals surface area contributed by atoms with Crippen LogP contribution in [0.3, 0.4) is 0 Å². The van der Waals surface area contributed by atoms with Crippen LogP contribution in [0, 0.1) is 0 Å². The fourth-order valence-electron chi connectivity index (χ4n) is 0.368. The maximum atomic E-state index is 10.8. The van der Waals surface area contributed by atoms with Crippen molar-refractivity contribution >= 4 is 40.0 Å². The van der Waals surface area contributed by atoms with Crippen molar-refractivity contribution in [2.24, 2.45) is 5.10 Å². The Balaban J connectivity index is 4.00. The van der Waals surface area contributed by atoms with Crippen molar-refractivity contribution in [2.75, 3.05) is 13.4 Å². The van der Waals surface area contributed by atoms with Crippen molar-refractivity contribution in [3.05, 3.63) is 0 Å². The molecule has 0 atom stereocenters. The molecule has 0 bridgehead atoms. The molecule has 0 aliphatic carbocycles. The summed E-state index contributed by atoms with van der Waals surface area (Å²) < 4.78 is 4.93. The van der Waals surface area contributed by atoms with Crippen molar-refractivity contribution < 1.29 is 9.53 Å². The largest absolute Gasteiger partial charge is 0.464 e. The second kappa shape index (κ2) is 5.96. The van der Waals surface area contributed by atoms with Gasteiger partial charge in [0.25, 0.3) is 0 Å². The van der Waals surface area contributed by atoms with Crippen LogP contribution < -0.4 is 5.43 Å². The molecule has 0 aliphatic heterocycles.